The van der Waals surface area contributed by atoms with E-state index >= 15 is 0 Å². The number of aliphatic hydroxyl groups excluding tert-OH is 5. The van der Waals surface area contributed by atoms with Gasteiger partial charge in [-0.05, 0) is 19.3 Å². The SMILES string of the molecule is CCC1OC(OC2[C@H](O[C@@H]3OC(CN)[C@@H](O)[C@H](O)C3N)C(N)C[C@@H](N)[C@H]2CC)[C@@H](O)[C@H]1O[C@H]1O[C@@H](CN)[C@@H](O)C(O)C1N. The molecule has 3 heterocycles. The number of ether oxygens (including phenoxy) is 6. The van der Waals surface area contributed by atoms with E-state index in [0.29, 0.717) is 19.3 Å². The number of aliphatic hydroxyl groups is 5. The first-order valence-corrected chi connectivity index (χ1v) is 15.1. The van der Waals surface area contributed by atoms with Gasteiger partial charge in [-0.3, -0.25) is 0 Å². The van der Waals surface area contributed by atoms with Gasteiger partial charge in [-0.25, -0.2) is 0 Å². The summed E-state index contributed by atoms with van der Waals surface area (Å²) in [6, 6.07) is -3.23. The molecule has 0 bridgehead atoms. The summed E-state index contributed by atoms with van der Waals surface area (Å²) < 4.78 is 36.3. The number of rotatable bonds is 10. The maximum atomic E-state index is 11.4. The lowest BCUT2D eigenvalue weighted by Crippen LogP contribution is -2.67. The summed E-state index contributed by atoms with van der Waals surface area (Å²) in [5.74, 6) is -0.279. The Hall–Kier alpha value is -0.680. The fraction of sp³-hybridized carbons (Fsp3) is 1.00. The van der Waals surface area contributed by atoms with Gasteiger partial charge in [0.15, 0.2) is 18.9 Å². The Balaban J connectivity index is 1.52. The predicted octanol–water partition coefficient (Wildman–Crippen LogP) is -5.81. The fourth-order valence-corrected chi connectivity index (χ4v) is 6.56. The van der Waals surface area contributed by atoms with E-state index in [1.165, 1.54) is 0 Å². The largest absolute Gasteiger partial charge is 0.388 e. The third kappa shape index (κ3) is 7.03. The van der Waals surface area contributed by atoms with E-state index in [0.717, 1.165) is 0 Å². The molecular formula is C26H52N6O11. The van der Waals surface area contributed by atoms with Gasteiger partial charge in [0.25, 0.3) is 0 Å². The number of hydrogen-bond acceptors (Lipinski definition) is 17. The van der Waals surface area contributed by atoms with Crippen molar-refractivity contribution in [3.05, 3.63) is 0 Å². The zero-order valence-electron chi connectivity index (χ0n) is 24.7. The monoisotopic (exact) mass is 624 g/mol. The molecule has 0 aromatic carbocycles. The molecule has 3 saturated heterocycles. The van der Waals surface area contributed by atoms with Crippen LogP contribution in [-0.2, 0) is 28.4 Å². The van der Waals surface area contributed by atoms with Crippen LogP contribution in [0.4, 0.5) is 0 Å². The highest BCUT2D eigenvalue weighted by atomic mass is 16.8. The van der Waals surface area contributed by atoms with Crippen molar-refractivity contribution in [3.63, 3.8) is 0 Å². The molecule has 8 unspecified atom stereocenters. The van der Waals surface area contributed by atoms with Crippen LogP contribution in [0.15, 0.2) is 0 Å². The molecule has 0 radical (unpaired) electrons. The maximum Gasteiger partial charge on any atom is 0.186 e. The standard InChI is InChI=1S/C26H52N6O11/c1-3-8-9(29)5-10(30)22(42-24-14(31)18(35)16(33)12(6-27)39-24)21(8)41-26-20(37)23(11(4-2)38-26)43-25-15(32)19(36)17(34)13(7-28)40-25/h8-26,33-37H,3-7,27-32H2,1-2H3/t8-,9-,10?,11?,12?,13+,14?,15?,16-,17-,18-,19?,20+,21?,22-,23+,24+,25-,26?/m1/s1. The predicted molar refractivity (Wildman–Crippen MR) is 149 cm³/mol. The Morgan fingerprint density at radius 2 is 1.02 bits per heavy atom. The van der Waals surface area contributed by atoms with Crippen molar-refractivity contribution < 1.29 is 54.0 Å². The van der Waals surface area contributed by atoms with Crippen molar-refractivity contribution in [2.24, 2.45) is 40.3 Å². The van der Waals surface area contributed by atoms with Gasteiger partial charge in [0.1, 0.15) is 54.9 Å². The summed E-state index contributed by atoms with van der Waals surface area (Å²) in [7, 11) is 0. The van der Waals surface area contributed by atoms with Crippen molar-refractivity contribution in [2.45, 2.75) is 143 Å². The van der Waals surface area contributed by atoms with Crippen molar-refractivity contribution in [3.8, 4) is 0 Å². The Morgan fingerprint density at radius 3 is 1.49 bits per heavy atom. The van der Waals surface area contributed by atoms with Crippen LogP contribution in [0.2, 0.25) is 0 Å². The molecule has 0 aromatic rings. The number of nitrogens with two attached hydrogens (primary N) is 6. The minimum atomic E-state index is -1.36. The first-order chi connectivity index (χ1) is 20.4. The molecule has 252 valence electrons. The van der Waals surface area contributed by atoms with E-state index in [-0.39, 0.29) is 25.0 Å². The molecule has 4 fully saturated rings. The average Bonchev–Trinajstić information content (AvgIpc) is 3.28. The molecule has 43 heavy (non-hydrogen) atoms. The zero-order valence-corrected chi connectivity index (χ0v) is 24.7. The highest BCUT2D eigenvalue weighted by Gasteiger charge is 2.54. The third-order valence-electron chi connectivity index (χ3n) is 9.26. The van der Waals surface area contributed by atoms with Gasteiger partial charge < -0.3 is 88.4 Å². The second-order valence-corrected chi connectivity index (χ2v) is 12.1. The van der Waals surface area contributed by atoms with Crippen LogP contribution in [0.1, 0.15) is 33.1 Å². The quantitative estimate of drug-likeness (QED) is 0.108. The molecule has 4 aliphatic rings. The van der Waals surface area contributed by atoms with E-state index in [1.807, 2.05) is 13.8 Å². The first-order valence-electron chi connectivity index (χ1n) is 15.1. The lowest BCUT2D eigenvalue weighted by atomic mass is 9.76. The molecule has 1 aliphatic carbocycles. The van der Waals surface area contributed by atoms with Gasteiger partial charge in [0.05, 0.1) is 24.3 Å². The molecule has 17 N–H and O–H groups in total. The minimum Gasteiger partial charge on any atom is -0.388 e. The van der Waals surface area contributed by atoms with Gasteiger partial charge in [-0.1, -0.05) is 13.8 Å². The lowest BCUT2D eigenvalue weighted by Gasteiger charge is -2.48. The van der Waals surface area contributed by atoms with Crippen LogP contribution in [0.5, 0.6) is 0 Å². The lowest BCUT2D eigenvalue weighted by molar-refractivity contribution is -0.303. The van der Waals surface area contributed by atoms with Gasteiger partial charge in [0.2, 0.25) is 0 Å². The molecule has 1 saturated carbocycles. The topological polar surface area (TPSA) is 313 Å². The minimum absolute atomic E-state index is 0.0812. The second-order valence-electron chi connectivity index (χ2n) is 12.1. The first kappa shape index (κ1) is 35.2. The number of hydrogen-bond donors (Lipinski definition) is 11. The molecule has 17 heteroatoms. The van der Waals surface area contributed by atoms with Crippen molar-refractivity contribution in [1.82, 2.24) is 0 Å². The highest BCUT2D eigenvalue weighted by molar-refractivity contribution is 5.01. The Kier molecular flexibility index (Phi) is 12.1. The van der Waals surface area contributed by atoms with Crippen LogP contribution >= 0.6 is 0 Å². The molecule has 19 atom stereocenters. The summed E-state index contributed by atoms with van der Waals surface area (Å²) >= 11 is 0. The van der Waals surface area contributed by atoms with Crippen molar-refractivity contribution in [1.29, 1.82) is 0 Å². The summed E-state index contributed by atoms with van der Waals surface area (Å²) in [6.45, 7) is 3.60. The molecule has 0 spiro atoms. The summed E-state index contributed by atoms with van der Waals surface area (Å²) in [6.07, 6.45) is -13.9. The Labute approximate surface area is 251 Å². The Morgan fingerprint density at radius 1 is 0.558 bits per heavy atom. The van der Waals surface area contributed by atoms with E-state index in [1.54, 1.807) is 0 Å². The van der Waals surface area contributed by atoms with Gasteiger partial charge in [-0.2, -0.15) is 0 Å². The molecule has 0 aromatic heterocycles. The summed E-state index contributed by atoms with van der Waals surface area (Å²) in [4.78, 5) is 0. The molecular weight excluding hydrogens is 572 g/mol. The Bertz CT molecular complexity index is 881. The maximum absolute atomic E-state index is 11.4. The highest BCUT2D eigenvalue weighted by Crippen LogP contribution is 2.37. The normalized spacial score (nSPS) is 52.8. The fourth-order valence-electron chi connectivity index (χ4n) is 6.56. The molecule has 4 rings (SSSR count). The molecule has 0 amide bonds. The zero-order chi connectivity index (χ0) is 31.7. The van der Waals surface area contributed by atoms with Gasteiger partial charge in [0, 0.05) is 31.1 Å². The summed E-state index contributed by atoms with van der Waals surface area (Å²) in [5.41, 5.74) is 36.6. The third-order valence-corrected chi connectivity index (χ3v) is 9.26. The van der Waals surface area contributed by atoms with Crippen LogP contribution in [0.25, 0.3) is 0 Å². The van der Waals surface area contributed by atoms with E-state index in [9.17, 15) is 25.5 Å². The van der Waals surface area contributed by atoms with Crippen LogP contribution < -0.4 is 34.4 Å². The van der Waals surface area contributed by atoms with Crippen LogP contribution in [0, 0.1) is 5.92 Å². The van der Waals surface area contributed by atoms with Crippen LogP contribution in [0.3, 0.4) is 0 Å². The van der Waals surface area contributed by atoms with Crippen LogP contribution in [-0.4, -0.2) is 149 Å². The molecule has 3 aliphatic heterocycles. The van der Waals surface area contributed by atoms with E-state index < -0.39 is 104 Å². The van der Waals surface area contributed by atoms with E-state index in [2.05, 4.69) is 0 Å². The van der Waals surface area contributed by atoms with Crippen molar-refractivity contribution in [2.75, 3.05) is 13.1 Å². The average molecular weight is 625 g/mol. The van der Waals surface area contributed by atoms with E-state index in [4.69, 9.17) is 62.8 Å². The second kappa shape index (κ2) is 14.8. The smallest absolute Gasteiger partial charge is 0.186 e. The van der Waals surface area contributed by atoms with Crippen molar-refractivity contribution >= 4 is 0 Å². The summed E-state index contributed by atoms with van der Waals surface area (Å²) in [5, 5.41) is 52.7. The molecule has 17 nitrogen and oxygen atoms in total. The van der Waals surface area contributed by atoms with Gasteiger partial charge in [-0.15, -0.1) is 0 Å². The van der Waals surface area contributed by atoms with Gasteiger partial charge >= 0.3 is 0 Å².